The zero-order chi connectivity index (χ0) is 22.1. The Balaban J connectivity index is 2.03. The van der Waals surface area contributed by atoms with Gasteiger partial charge in [0, 0.05) is 29.7 Å². The van der Waals surface area contributed by atoms with Crippen LogP contribution in [0.4, 0.5) is 4.39 Å². The lowest BCUT2D eigenvalue weighted by Gasteiger charge is -2.24. The van der Waals surface area contributed by atoms with Crippen molar-refractivity contribution in [1.29, 1.82) is 0 Å². The van der Waals surface area contributed by atoms with Gasteiger partial charge in [-0.2, -0.15) is 0 Å². The van der Waals surface area contributed by atoms with Crippen LogP contribution in [0.5, 0.6) is 0 Å². The Morgan fingerprint density at radius 2 is 1.97 bits per heavy atom. The maximum Gasteiger partial charge on any atom is 0.310 e. The second kappa shape index (κ2) is 12.0. The lowest BCUT2D eigenvalue weighted by atomic mass is 9.94. The summed E-state index contributed by atoms with van der Waals surface area (Å²) in [6, 6.07) is 11.7. The second-order valence-corrected chi connectivity index (χ2v) is 7.89. The van der Waals surface area contributed by atoms with E-state index in [0.29, 0.717) is 43.1 Å². The van der Waals surface area contributed by atoms with Crippen molar-refractivity contribution in [2.45, 2.75) is 25.8 Å². The first-order valence-corrected chi connectivity index (χ1v) is 10.5. The molecule has 0 amide bonds. The number of nitrogens with two attached hydrogens (primary N) is 1. The minimum atomic E-state index is -0.365. The number of aliphatic hydroxyl groups is 1. The van der Waals surface area contributed by atoms with Crippen LogP contribution in [0.25, 0.3) is 11.1 Å². The van der Waals surface area contributed by atoms with Gasteiger partial charge < -0.3 is 20.5 Å². The summed E-state index contributed by atoms with van der Waals surface area (Å²) in [4.78, 5) is 14.2. The van der Waals surface area contributed by atoms with E-state index in [1.807, 2.05) is 36.2 Å². The summed E-state index contributed by atoms with van der Waals surface area (Å²) < 4.78 is 19.3. The molecule has 0 bridgehead atoms. The summed E-state index contributed by atoms with van der Waals surface area (Å²) in [5.41, 5.74) is 8.52. The summed E-state index contributed by atoms with van der Waals surface area (Å²) in [6.45, 7) is 3.07. The Kier molecular flexibility index (Phi) is 9.72. The van der Waals surface area contributed by atoms with Crippen LogP contribution < -0.4 is 5.73 Å². The molecule has 0 saturated heterocycles. The number of likely N-dealkylation sites (N-methyl/N-ethyl adjacent to an activating group) is 1. The standard InChI is InChI=1S/C23H30ClFN2O3/c1-3-30-23(29)18(15-27(2)10-11-28)13-20(26)12-16-4-6-17(7-5-16)21-14-19(24)8-9-22(21)25/h4-9,14,18,20,28H,3,10-13,15,26H2,1-2H3/t18-,20+/m0/s1. The molecule has 0 fully saturated rings. The van der Waals surface area contributed by atoms with Gasteiger partial charge in [0.2, 0.25) is 0 Å². The van der Waals surface area contributed by atoms with Crippen LogP contribution in [0.3, 0.4) is 0 Å². The lowest BCUT2D eigenvalue weighted by molar-refractivity contribution is -0.149. The van der Waals surface area contributed by atoms with Crippen molar-refractivity contribution in [3.63, 3.8) is 0 Å². The number of ether oxygens (including phenoxy) is 1. The van der Waals surface area contributed by atoms with Gasteiger partial charge in [-0.05, 0) is 56.1 Å². The fourth-order valence-corrected chi connectivity index (χ4v) is 3.61. The third-order valence-corrected chi connectivity index (χ3v) is 5.15. The first-order valence-electron chi connectivity index (χ1n) is 10.1. The van der Waals surface area contributed by atoms with Gasteiger partial charge in [-0.15, -0.1) is 0 Å². The molecule has 0 aliphatic rings. The quantitative estimate of drug-likeness (QED) is 0.527. The number of hydrogen-bond acceptors (Lipinski definition) is 5. The van der Waals surface area contributed by atoms with Gasteiger partial charge >= 0.3 is 5.97 Å². The number of nitrogens with zero attached hydrogens (tertiary/aromatic N) is 1. The zero-order valence-corrected chi connectivity index (χ0v) is 18.2. The summed E-state index contributed by atoms with van der Waals surface area (Å²) in [7, 11) is 1.85. The van der Waals surface area contributed by atoms with Crippen molar-refractivity contribution in [1.82, 2.24) is 4.90 Å². The van der Waals surface area contributed by atoms with Gasteiger partial charge in [0.25, 0.3) is 0 Å². The number of aliphatic hydroxyl groups excluding tert-OH is 1. The number of hydrogen-bond donors (Lipinski definition) is 2. The average molecular weight is 437 g/mol. The van der Waals surface area contributed by atoms with Crippen LogP contribution in [-0.4, -0.2) is 55.4 Å². The highest BCUT2D eigenvalue weighted by Gasteiger charge is 2.24. The molecule has 0 aromatic heterocycles. The van der Waals surface area contributed by atoms with Gasteiger partial charge in [-0.25, -0.2) is 4.39 Å². The van der Waals surface area contributed by atoms with Gasteiger partial charge in [0.05, 0.1) is 19.1 Å². The summed E-state index contributed by atoms with van der Waals surface area (Å²) in [5, 5.41) is 9.57. The number of rotatable bonds is 11. The smallest absolute Gasteiger partial charge is 0.310 e. The van der Waals surface area contributed by atoms with E-state index in [2.05, 4.69) is 0 Å². The number of halogens is 2. The fourth-order valence-electron chi connectivity index (χ4n) is 3.43. The molecule has 0 heterocycles. The van der Waals surface area contributed by atoms with Gasteiger partial charge in [0.15, 0.2) is 0 Å². The zero-order valence-electron chi connectivity index (χ0n) is 17.5. The van der Waals surface area contributed by atoms with Crippen LogP contribution >= 0.6 is 11.6 Å². The van der Waals surface area contributed by atoms with Gasteiger partial charge in [-0.1, -0.05) is 35.9 Å². The first-order chi connectivity index (χ1) is 14.3. The molecule has 2 aromatic rings. The van der Waals surface area contributed by atoms with E-state index in [4.69, 9.17) is 27.2 Å². The number of carbonyl (C=O) groups excluding carboxylic acids is 1. The number of benzene rings is 2. The Bertz CT molecular complexity index is 817. The van der Waals surface area contributed by atoms with Crippen molar-refractivity contribution in [3.8, 4) is 11.1 Å². The molecule has 2 atom stereocenters. The molecule has 7 heteroatoms. The molecular weight excluding hydrogens is 407 g/mol. The SMILES string of the molecule is CCOC(=O)[C@@H](C[C@H](N)Cc1ccc(-c2cc(Cl)ccc2F)cc1)CN(C)CCO. The highest BCUT2D eigenvalue weighted by Crippen LogP contribution is 2.26. The Morgan fingerprint density at radius 3 is 2.60 bits per heavy atom. The van der Waals surface area contributed by atoms with Crippen molar-refractivity contribution in [3.05, 3.63) is 58.9 Å². The minimum Gasteiger partial charge on any atom is -0.466 e. The summed E-state index contributed by atoms with van der Waals surface area (Å²) >= 11 is 5.98. The van der Waals surface area contributed by atoms with Crippen LogP contribution in [-0.2, 0) is 16.0 Å². The minimum absolute atomic E-state index is 0.0255. The van der Waals surface area contributed by atoms with E-state index in [1.54, 1.807) is 13.0 Å². The summed E-state index contributed by atoms with van der Waals surface area (Å²) in [5.74, 6) is -0.964. The second-order valence-electron chi connectivity index (χ2n) is 7.46. The van der Waals surface area contributed by atoms with Crippen molar-refractivity contribution < 1.29 is 19.0 Å². The van der Waals surface area contributed by atoms with Crippen LogP contribution in [0.15, 0.2) is 42.5 Å². The molecule has 5 nitrogen and oxygen atoms in total. The van der Waals surface area contributed by atoms with E-state index in [-0.39, 0.29) is 30.4 Å². The lowest BCUT2D eigenvalue weighted by Crippen LogP contribution is -2.37. The van der Waals surface area contributed by atoms with Gasteiger partial charge in [0.1, 0.15) is 5.82 Å². The van der Waals surface area contributed by atoms with Crippen molar-refractivity contribution in [2.24, 2.45) is 11.7 Å². The highest BCUT2D eigenvalue weighted by atomic mass is 35.5. The highest BCUT2D eigenvalue weighted by molar-refractivity contribution is 6.30. The molecular formula is C23H30ClFN2O3. The molecule has 3 N–H and O–H groups in total. The Hall–Kier alpha value is -1.99. The number of carbonyl (C=O) groups is 1. The van der Waals surface area contributed by atoms with Crippen LogP contribution in [0, 0.1) is 11.7 Å². The predicted molar refractivity (Wildman–Crippen MR) is 118 cm³/mol. The maximum atomic E-state index is 14.1. The molecule has 0 aliphatic carbocycles. The van der Waals surface area contributed by atoms with Gasteiger partial charge in [-0.3, -0.25) is 4.79 Å². The summed E-state index contributed by atoms with van der Waals surface area (Å²) in [6.07, 6.45) is 1.05. The van der Waals surface area contributed by atoms with Crippen molar-refractivity contribution in [2.75, 3.05) is 33.4 Å². The Morgan fingerprint density at radius 1 is 1.27 bits per heavy atom. The molecule has 164 valence electrons. The molecule has 2 rings (SSSR count). The normalized spacial score (nSPS) is 13.3. The molecule has 30 heavy (non-hydrogen) atoms. The third kappa shape index (κ3) is 7.36. The largest absolute Gasteiger partial charge is 0.466 e. The van der Waals surface area contributed by atoms with Crippen molar-refractivity contribution >= 4 is 17.6 Å². The van der Waals surface area contributed by atoms with E-state index in [9.17, 15) is 9.18 Å². The average Bonchev–Trinajstić information content (AvgIpc) is 2.70. The predicted octanol–water partition coefficient (Wildman–Crippen LogP) is 3.51. The molecule has 0 unspecified atom stereocenters. The maximum absolute atomic E-state index is 14.1. The monoisotopic (exact) mass is 436 g/mol. The molecule has 0 saturated carbocycles. The van der Waals surface area contributed by atoms with Crippen LogP contribution in [0.2, 0.25) is 5.02 Å². The number of esters is 1. The van der Waals surface area contributed by atoms with E-state index < -0.39 is 0 Å². The first kappa shape index (κ1) is 24.3. The molecule has 0 radical (unpaired) electrons. The molecule has 0 aliphatic heterocycles. The topological polar surface area (TPSA) is 75.8 Å². The third-order valence-electron chi connectivity index (χ3n) is 4.91. The van der Waals surface area contributed by atoms with Crippen LogP contribution in [0.1, 0.15) is 18.9 Å². The fraction of sp³-hybridized carbons (Fsp3) is 0.435. The van der Waals surface area contributed by atoms with E-state index in [1.165, 1.54) is 12.1 Å². The molecule has 0 spiro atoms. The van der Waals surface area contributed by atoms with E-state index in [0.717, 1.165) is 11.1 Å². The Labute approximate surface area is 182 Å². The van der Waals surface area contributed by atoms with E-state index >= 15 is 0 Å². The molecule has 2 aromatic carbocycles.